The minimum Gasteiger partial charge on any atom is -0.508 e. The molecule has 0 saturated heterocycles. The van der Waals surface area contributed by atoms with Crippen molar-refractivity contribution in [1.82, 2.24) is 10.6 Å². The molecule has 0 aliphatic heterocycles. The van der Waals surface area contributed by atoms with Crippen LogP contribution in [-0.2, 0) is 13.0 Å². The average molecular weight is 476 g/mol. The summed E-state index contributed by atoms with van der Waals surface area (Å²) in [7, 11) is 3.30. The van der Waals surface area contributed by atoms with Gasteiger partial charge in [0.15, 0.2) is 5.96 Å². The molecular formula is C18H23ClIN3O2. The van der Waals surface area contributed by atoms with Crippen molar-refractivity contribution < 1.29 is 9.84 Å². The Hall–Kier alpha value is -1.67. The van der Waals surface area contributed by atoms with Crippen molar-refractivity contribution in [2.45, 2.75) is 13.0 Å². The highest BCUT2D eigenvalue weighted by Gasteiger charge is 2.04. The number of aliphatic imine (C=N–C) groups is 1. The van der Waals surface area contributed by atoms with E-state index in [0.717, 1.165) is 16.1 Å². The maximum atomic E-state index is 9.95. The molecule has 0 spiro atoms. The van der Waals surface area contributed by atoms with Crippen LogP contribution in [-0.4, -0.2) is 31.8 Å². The number of nitrogens with zero attached hydrogens (tertiary/aromatic N) is 1. The Bertz CT molecular complexity index is 693. The number of methoxy groups -OCH3 is 1. The second-order valence-electron chi connectivity index (χ2n) is 5.22. The fourth-order valence-corrected chi connectivity index (χ4v) is 2.33. The van der Waals surface area contributed by atoms with E-state index in [-0.39, 0.29) is 29.7 Å². The molecule has 5 nitrogen and oxygen atoms in total. The number of benzene rings is 2. The maximum Gasteiger partial charge on any atom is 0.191 e. The third kappa shape index (κ3) is 6.99. The van der Waals surface area contributed by atoms with Gasteiger partial charge in [-0.3, -0.25) is 4.99 Å². The van der Waals surface area contributed by atoms with Crippen LogP contribution in [0.1, 0.15) is 11.1 Å². The number of halogens is 2. The molecule has 0 aliphatic carbocycles. The molecule has 2 aromatic rings. The summed E-state index contributed by atoms with van der Waals surface area (Å²) in [6, 6.07) is 13.0. The highest BCUT2D eigenvalue weighted by atomic mass is 127. The zero-order valence-corrected chi connectivity index (χ0v) is 17.3. The summed E-state index contributed by atoms with van der Waals surface area (Å²) in [5, 5.41) is 17.1. The van der Waals surface area contributed by atoms with Crippen LogP contribution in [0, 0.1) is 0 Å². The van der Waals surface area contributed by atoms with Gasteiger partial charge in [0.1, 0.15) is 11.5 Å². The van der Waals surface area contributed by atoms with Crippen LogP contribution < -0.4 is 15.4 Å². The molecule has 136 valence electrons. The lowest BCUT2D eigenvalue weighted by atomic mass is 10.1. The summed E-state index contributed by atoms with van der Waals surface area (Å²) < 4.78 is 5.08. The molecule has 7 heteroatoms. The van der Waals surface area contributed by atoms with Gasteiger partial charge in [0.25, 0.3) is 0 Å². The lowest BCUT2D eigenvalue weighted by Crippen LogP contribution is -2.37. The summed E-state index contributed by atoms with van der Waals surface area (Å²) in [6.45, 7) is 1.31. The van der Waals surface area contributed by atoms with Gasteiger partial charge in [0.05, 0.1) is 7.11 Å². The van der Waals surface area contributed by atoms with Gasteiger partial charge in [-0.15, -0.1) is 24.0 Å². The Balaban J connectivity index is 0.00000312. The maximum absolute atomic E-state index is 9.95. The molecule has 0 radical (unpaired) electrons. The molecule has 0 aliphatic rings. The number of rotatable bonds is 6. The van der Waals surface area contributed by atoms with Crippen molar-refractivity contribution in [1.29, 1.82) is 0 Å². The monoisotopic (exact) mass is 475 g/mol. The summed E-state index contributed by atoms with van der Waals surface area (Å²) in [6.07, 6.45) is 0.678. The number of guanidine groups is 1. The number of ether oxygens (including phenoxy) is 1. The standard InChI is InChI=1S/C18H22ClN3O2.HI/c1-20-18(22-12-13-3-6-15(19)7-4-13)21-10-9-14-5-8-16(24-2)11-17(14)23;/h3-8,11,23H,9-10,12H2,1-2H3,(H2,20,21,22);1H. The van der Waals surface area contributed by atoms with E-state index in [0.29, 0.717) is 31.2 Å². The second-order valence-corrected chi connectivity index (χ2v) is 5.66. The minimum absolute atomic E-state index is 0. The first-order valence-electron chi connectivity index (χ1n) is 7.67. The van der Waals surface area contributed by atoms with Crippen LogP contribution >= 0.6 is 35.6 Å². The number of hydrogen-bond acceptors (Lipinski definition) is 3. The first-order chi connectivity index (χ1) is 11.6. The zero-order chi connectivity index (χ0) is 17.4. The quantitative estimate of drug-likeness (QED) is 0.339. The molecule has 3 N–H and O–H groups in total. The van der Waals surface area contributed by atoms with Crippen molar-refractivity contribution >= 4 is 41.5 Å². The van der Waals surface area contributed by atoms with Gasteiger partial charge in [-0.25, -0.2) is 0 Å². The number of phenols is 1. The third-order valence-corrected chi connectivity index (χ3v) is 3.83. The Morgan fingerprint density at radius 1 is 1.16 bits per heavy atom. The molecule has 0 saturated carbocycles. The van der Waals surface area contributed by atoms with Gasteiger partial charge in [0.2, 0.25) is 0 Å². The Morgan fingerprint density at radius 2 is 1.88 bits per heavy atom. The fourth-order valence-electron chi connectivity index (χ4n) is 2.21. The normalized spacial score (nSPS) is 10.8. The third-order valence-electron chi connectivity index (χ3n) is 3.58. The Kier molecular flexibility index (Phi) is 9.44. The smallest absolute Gasteiger partial charge is 0.191 e. The molecule has 2 rings (SSSR count). The molecule has 0 unspecified atom stereocenters. The number of hydrogen-bond donors (Lipinski definition) is 3. The van der Waals surface area contributed by atoms with E-state index in [9.17, 15) is 5.11 Å². The van der Waals surface area contributed by atoms with Gasteiger partial charge in [0, 0.05) is 31.2 Å². The molecule has 2 aromatic carbocycles. The molecule has 0 fully saturated rings. The van der Waals surface area contributed by atoms with Crippen molar-refractivity contribution in [3.63, 3.8) is 0 Å². The molecule has 0 atom stereocenters. The largest absolute Gasteiger partial charge is 0.508 e. The van der Waals surface area contributed by atoms with Crippen LogP contribution in [0.5, 0.6) is 11.5 Å². The first kappa shape index (κ1) is 21.4. The van der Waals surface area contributed by atoms with Crippen molar-refractivity contribution in [3.05, 3.63) is 58.6 Å². The average Bonchev–Trinajstić information content (AvgIpc) is 2.60. The van der Waals surface area contributed by atoms with E-state index in [2.05, 4.69) is 15.6 Å². The Labute approximate surface area is 170 Å². The van der Waals surface area contributed by atoms with Gasteiger partial charge < -0.3 is 20.5 Å². The summed E-state index contributed by atoms with van der Waals surface area (Å²) in [4.78, 5) is 4.19. The minimum atomic E-state index is 0. The SMILES string of the molecule is CN=C(NCCc1ccc(OC)cc1O)NCc1ccc(Cl)cc1.I. The van der Waals surface area contributed by atoms with E-state index < -0.39 is 0 Å². The van der Waals surface area contributed by atoms with Crippen LogP contribution in [0.4, 0.5) is 0 Å². The second kappa shape index (κ2) is 11.0. The molecule has 25 heavy (non-hydrogen) atoms. The van der Waals surface area contributed by atoms with Gasteiger partial charge in [-0.2, -0.15) is 0 Å². The van der Waals surface area contributed by atoms with Gasteiger partial charge in [-0.1, -0.05) is 29.8 Å². The van der Waals surface area contributed by atoms with Gasteiger partial charge >= 0.3 is 0 Å². The van der Waals surface area contributed by atoms with E-state index in [1.54, 1.807) is 20.2 Å². The van der Waals surface area contributed by atoms with Crippen LogP contribution in [0.2, 0.25) is 5.02 Å². The summed E-state index contributed by atoms with van der Waals surface area (Å²) in [5.74, 6) is 1.59. The van der Waals surface area contributed by atoms with Gasteiger partial charge in [-0.05, 0) is 35.7 Å². The molecule has 0 amide bonds. The highest BCUT2D eigenvalue weighted by molar-refractivity contribution is 14.0. The number of phenolic OH excluding ortho intramolecular Hbond substituents is 1. The first-order valence-corrected chi connectivity index (χ1v) is 8.05. The van der Waals surface area contributed by atoms with E-state index in [1.165, 1.54) is 0 Å². The predicted molar refractivity (Wildman–Crippen MR) is 113 cm³/mol. The van der Waals surface area contributed by atoms with Crippen molar-refractivity contribution in [2.75, 3.05) is 20.7 Å². The van der Waals surface area contributed by atoms with Crippen molar-refractivity contribution in [2.24, 2.45) is 4.99 Å². The number of nitrogens with one attached hydrogen (secondary N) is 2. The topological polar surface area (TPSA) is 65.9 Å². The highest BCUT2D eigenvalue weighted by Crippen LogP contribution is 2.23. The molecule has 0 bridgehead atoms. The van der Waals surface area contributed by atoms with Crippen LogP contribution in [0.15, 0.2) is 47.5 Å². The fraction of sp³-hybridized carbons (Fsp3) is 0.278. The summed E-state index contributed by atoms with van der Waals surface area (Å²) >= 11 is 5.88. The molecule has 0 aromatic heterocycles. The molecule has 0 heterocycles. The number of aromatic hydroxyl groups is 1. The summed E-state index contributed by atoms with van der Waals surface area (Å²) in [5.41, 5.74) is 1.98. The lowest BCUT2D eigenvalue weighted by Gasteiger charge is -2.13. The molecular weight excluding hydrogens is 453 g/mol. The Morgan fingerprint density at radius 3 is 2.48 bits per heavy atom. The van der Waals surface area contributed by atoms with E-state index in [1.807, 2.05) is 36.4 Å². The van der Waals surface area contributed by atoms with Crippen LogP contribution in [0.3, 0.4) is 0 Å². The van der Waals surface area contributed by atoms with E-state index in [4.69, 9.17) is 16.3 Å². The van der Waals surface area contributed by atoms with Crippen LogP contribution in [0.25, 0.3) is 0 Å². The van der Waals surface area contributed by atoms with Crippen molar-refractivity contribution in [3.8, 4) is 11.5 Å². The predicted octanol–water partition coefficient (Wildman–Crippen LogP) is 3.58. The lowest BCUT2D eigenvalue weighted by molar-refractivity contribution is 0.406. The van der Waals surface area contributed by atoms with E-state index >= 15 is 0 Å². The zero-order valence-electron chi connectivity index (χ0n) is 14.3.